The number of aromatic nitrogens is 2. The van der Waals surface area contributed by atoms with Gasteiger partial charge in [-0.15, -0.1) is 0 Å². The lowest BCUT2D eigenvalue weighted by Crippen LogP contribution is -2.25. The lowest BCUT2D eigenvalue weighted by molar-refractivity contribution is -0.141. The predicted octanol–water partition coefficient (Wildman–Crippen LogP) is 3.05. The van der Waals surface area contributed by atoms with Crippen molar-refractivity contribution >= 4 is 5.91 Å². The van der Waals surface area contributed by atoms with Gasteiger partial charge in [-0.25, -0.2) is 0 Å². The highest BCUT2D eigenvalue weighted by atomic mass is 19.4. The summed E-state index contributed by atoms with van der Waals surface area (Å²) in [6.45, 7) is 2.12. The zero-order valence-electron chi connectivity index (χ0n) is 14.7. The van der Waals surface area contributed by atoms with E-state index in [0.29, 0.717) is 35.7 Å². The van der Waals surface area contributed by atoms with Crippen LogP contribution in [0.15, 0.2) is 24.3 Å². The fraction of sp³-hybridized carbons (Fsp3) is 0.412. The molecule has 142 valence electrons. The summed E-state index contributed by atoms with van der Waals surface area (Å²) < 4.78 is 49.4. The first kappa shape index (κ1) is 19.6. The minimum atomic E-state index is -4.46. The molecule has 26 heavy (non-hydrogen) atoms. The van der Waals surface area contributed by atoms with Gasteiger partial charge in [-0.2, -0.15) is 18.3 Å². The normalized spacial score (nSPS) is 11.3. The number of alkyl halides is 3. The zero-order chi connectivity index (χ0) is 19.3. The highest BCUT2D eigenvalue weighted by molar-refractivity contribution is 5.95. The molecular weight excluding hydrogens is 351 g/mol. The number of halogens is 3. The van der Waals surface area contributed by atoms with Crippen LogP contribution >= 0.6 is 0 Å². The van der Waals surface area contributed by atoms with Gasteiger partial charge in [-0.1, -0.05) is 0 Å². The highest BCUT2D eigenvalue weighted by Crippen LogP contribution is 2.28. The van der Waals surface area contributed by atoms with Gasteiger partial charge in [0.1, 0.15) is 11.5 Å². The third-order valence-corrected chi connectivity index (χ3v) is 3.72. The van der Waals surface area contributed by atoms with Crippen LogP contribution in [0.25, 0.3) is 0 Å². The maximum absolute atomic E-state index is 12.6. The van der Waals surface area contributed by atoms with E-state index >= 15 is 0 Å². The molecule has 0 aliphatic carbocycles. The summed E-state index contributed by atoms with van der Waals surface area (Å²) in [7, 11) is 2.97. The quantitative estimate of drug-likeness (QED) is 0.760. The van der Waals surface area contributed by atoms with Gasteiger partial charge in [0.05, 0.1) is 14.2 Å². The SMILES string of the molecule is COc1cc(OC)cc(C(=O)NCCCn2nc(C(F)(F)F)cc2C)c1. The maximum atomic E-state index is 12.6. The fourth-order valence-electron chi connectivity index (χ4n) is 2.35. The van der Waals surface area contributed by atoms with Crippen molar-refractivity contribution in [3.05, 3.63) is 41.2 Å². The molecule has 0 radical (unpaired) electrons. The van der Waals surface area contributed by atoms with Crippen molar-refractivity contribution in [3.8, 4) is 11.5 Å². The minimum absolute atomic E-state index is 0.267. The number of aryl methyl sites for hydroxylation is 2. The third-order valence-electron chi connectivity index (χ3n) is 3.72. The van der Waals surface area contributed by atoms with E-state index in [4.69, 9.17) is 9.47 Å². The van der Waals surface area contributed by atoms with Crippen molar-refractivity contribution in [2.75, 3.05) is 20.8 Å². The molecule has 1 heterocycles. The molecule has 0 fully saturated rings. The Kier molecular flexibility index (Phi) is 6.12. The molecule has 0 saturated carbocycles. The van der Waals surface area contributed by atoms with E-state index in [9.17, 15) is 18.0 Å². The molecule has 2 rings (SSSR count). The molecule has 0 spiro atoms. The molecule has 0 unspecified atom stereocenters. The topological polar surface area (TPSA) is 65.4 Å². The zero-order valence-corrected chi connectivity index (χ0v) is 14.7. The lowest BCUT2D eigenvalue weighted by Gasteiger charge is -2.10. The van der Waals surface area contributed by atoms with Crippen LogP contribution in [0, 0.1) is 6.92 Å². The van der Waals surface area contributed by atoms with Crippen LogP contribution in [0.1, 0.15) is 28.2 Å². The summed E-state index contributed by atoms with van der Waals surface area (Å²) in [4.78, 5) is 12.2. The summed E-state index contributed by atoms with van der Waals surface area (Å²) in [5.41, 5.74) is -0.125. The molecule has 6 nitrogen and oxygen atoms in total. The van der Waals surface area contributed by atoms with Crippen LogP contribution in [0.3, 0.4) is 0 Å². The second-order valence-electron chi connectivity index (χ2n) is 5.60. The number of hydrogen-bond acceptors (Lipinski definition) is 4. The minimum Gasteiger partial charge on any atom is -0.497 e. The van der Waals surface area contributed by atoms with Gasteiger partial charge in [0, 0.05) is 30.4 Å². The number of nitrogens with one attached hydrogen (secondary N) is 1. The molecule has 1 N–H and O–H groups in total. The fourth-order valence-corrected chi connectivity index (χ4v) is 2.35. The van der Waals surface area contributed by atoms with Gasteiger partial charge in [0.15, 0.2) is 5.69 Å². The van der Waals surface area contributed by atoms with E-state index in [1.54, 1.807) is 25.1 Å². The molecular formula is C17H20F3N3O3. The van der Waals surface area contributed by atoms with Gasteiger partial charge in [-0.05, 0) is 31.5 Å². The van der Waals surface area contributed by atoms with Crippen molar-refractivity contribution in [3.63, 3.8) is 0 Å². The Morgan fingerprint density at radius 1 is 1.15 bits per heavy atom. The first-order valence-corrected chi connectivity index (χ1v) is 7.87. The van der Waals surface area contributed by atoms with Crippen molar-refractivity contribution in [2.24, 2.45) is 0 Å². The number of benzene rings is 1. The van der Waals surface area contributed by atoms with Crippen LogP contribution in [0.5, 0.6) is 11.5 Å². The molecule has 0 saturated heterocycles. The summed E-state index contributed by atoms with van der Waals surface area (Å²) in [6.07, 6.45) is -4.03. The smallest absolute Gasteiger partial charge is 0.435 e. The number of amides is 1. The number of rotatable bonds is 7. The van der Waals surface area contributed by atoms with Gasteiger partial charge >= 0.3 is 6.18 Å². The molecule has 1 amide bonds. The van der Waals surface area contributed by atoms with Gasteiger partial charge in [0.25, 0.3) is 5.91 Å². The monoisotopic (exact) mass is 371 g/mol. The molecule has 1 aromatic carbocycles. The van der Waals surface area contributed by atoms with Crippen molar-refractivity contribution < 1.29 is 27.4 Å². The first-order valence-electron chi connectivity index (χ1n) is 7.87. The third kappa shape index (κ3) is 4.90. The summed E-state index contributed by atoms with van der Waals surface area (Å²) in [5, 5.41) is 6.26. The standard InChI is InChI=1S/C17H20F3N3O3/c1-11-7-15(17(18,19)20)22-23(11)6-4-5-21-16(24)12-8-13(25-2)10-14(9-12)26-3/h7-10H,4-6H2,1-3H3,(H,21,24). The molecule has 1 aromatic heterocycles. The summed E-state index contributed by atoms with van der Waals surface area (Å²) in [6, 6.07) is 5.80. The Labute approximate surface area is 148 Å². The summed E-state index contributed by atoms with van der Waals surface area (Å²) in [5.74, 6) is 0.651. The highest BCUT2D eigenvalue weighted by Gasteiger charge is 2.34. The van der Waals surface area contributed by atoms with Gasteiger partial charge in [-0.3, -0.25) is 9.48 Å². The summed E-state index contributed by atoms with van der Waals surface area (Å²) >= 11 is 0. The Morgan fingerprint density at radius 2 is 1.77 bits per heavy atom. The second kappa shape index (κ2) is 8.11. The molecule has 9 heteroatoms. The molecule has 0 aliphatic rings. The van der Waals surface area contributed by atoms with Crippen molar-refractivity contribution in [1.29, 1.82) is 0 Å². The van der Waals surface area contributed by atoms with E-state index in [0.717, 1.165) is 6.07 Å². The van der Waals surface area contributed by atoms with E-state index in [1.807, 2.05) is 0 Å². The van der Waals surface area contributed by atoms with E-state index in [1.165, 1.54) is 18.9 Å². The van der Waals surface area contributed by atoms with E-state index in [2.05, 4.69) is 10.4 Å². The number of hydrogen-bond donors (Lipinski definition) is 1. The van der Waals surface area contributed by atoms with Crippen LogP contribution < -0.4 is 14.8 Å². The first-order chi connectivity index (χ1) is 12.2. The number of nitrogens with zero attached hydrogens (tertiary/aromatic N) is 2. The van der Waals surface area contributed by atoms with Crippen molar-refractivity contribution in [1.82, 2.24) is 15.1 Å². The number of methoxy groups -OCH3 is 2. The number of ether oxygens (including phenoxy) is 2. The molecule has 0 atom stereocenters. The van der Waals surface area contributed by atoms with Crippen LogP contribution in [0.4, 0.5) is 13.2 Å². The van der Waals surface area contributed by atoms with E-state index < -0.39 is 11.9 Å². The maximum Gasteiger partial charge on any atom is 0.435 e. The molecule has 0 aliphatic heterocycles. The van der Waals surface area contributed by atoms with Gasteiger partial charge < -0.3 is 14.8 Å². The van der Waals surface area contributed by atoms with Gasteiger partial charge in [0.2, 0.25) is 0 Å². The number of carbonyl (C=O) groups excluding carboxylic acids is 1. The average molecular weight is 371 g/mol. The largest absolute Gasteiger partial charge is 0.497 e. The van der Waals surface area contributed by atoms with E-state index in [-0.39, 0.29) is 12.5 Å². The Bertz CT molecular complexity index is 750. The van der Waals surface area contributed by atoms with Crippen LogP contribution in [-0.2, 0) is 12.7 Å². The molecule has 2 aromatic rings. The Hall–Kier alpha value is -2.71. The number of carbonyl (C=O) groups is 1. The van der Waals surface area contributed by atoms with Crippen molar-refractivity contribution in [2.45, 2.75) is 26.1 Å². The second-order valence-corrected chi connectivity index (χ2v) is 5.60. The predicted molar refractivity (Wildman–Crippen MR) is 88.5 cm³/mol. The Morgan fingerprint density at radius 3 is 2.27 bits per heavy atom. The lowest BCUT2D eigenvalue weighted by atomic mass is 10.2. The van der Waals surface area contributed by atoms with Crippen LogP contribution in [-0.4, -0.2) is 36.5 Å². The Balaban J connectivity index is 1.90. The molecule has 0 bridgehead atoms. The average Bonchev–Trinajstić information content (AvgIpc) is 2.99. The van der Waals surface area contributed by atoms with Crippen LogP contribution in [0.2, 0.25) is 0 Å².